The molecule has 1 aliphatic heterocycles. The lowest BCUT2D eigenvalue weighted by Crippen LogP contribution is -2.25. The number of alkyl halides is 2. The second-order valence-electron chi connectivity index (χ2n) is 3.75. The summed E-state index contributed by atoms with van der Waals surface area (Å²) in [6.07, 6.45) is -6.65. The Morgan fingerprint density at radius 1 is 1.28 bits per heavy atom. The van der Waals surface area contributed by atoms with Crippen molar-refractivity contribution in [2.45, 2.75) is 24.9 Å². The highest BCUT2D eigenvalue weighted by Crippen LogP contribution is 2.42. The first-order valence-electron chi connectivity index (χ1n) is 5.06. The van der Waals surface area contributed by atoms with E-state index in [1.165, 1.54) is 12.1 Å². The first-order valence-corrected chi connectivity index (χ1v) is 5.06. The van der Waals surface area contributed by atoms with Gasteiger partial charge in [0.15, 0.2) is 11.5 Å². The molecular weight excluding hydrogens is 248 g/mol. The van der Waals surface area contributed by atoms with Gasteiger partial charge in [0, 0.05) is 0 Å². The van der Waals surface area contributed by atoms with E-state index in [0.717, 1.165) is 6.07 Å². The van der Waals surface area contributed by atoms with Crippen molar-refractivity contribution >= 4 is 0 Å². The fourth-order valence-corrected chi connectivity index (χ4v) is 1.58. The molecule has 96 valence electrons. The van der Waals surface area contributed by atoms with Crippen LogP contribution in [-0.4, -0.2) is 22.6 Å². The highest BCUT2D eigenvalue weighted by Gasteiger charge is 2.43. The summed E-state index contributed by atoms with van der Waals surface area (Å²) in [6, 6.07) is 5.35. The van der Waals surface area contributed by atoms with Gasteiger partial charge in [-0.15, -0.1) is 8.78 Å². The van der Waals surface area contributed by atoms with Crippen molar-refractivity contribution in [3.8, 4) is 17.6 Å². The number of hydrogen-bond acceptors (Lipinski definition) is 5. The minimum atomic E-state index is -3.73. The molecule has 1 aliphatic rings. The van der Waals surface area contributed by atoms with Crippen molar-refractivity contribution in [3.63, 3.8) is 0 Å². The fourth-order valence-electron chi connectivity index (χ4n) is 1.58. The van der Waals surface area contributed by atoms with Crippen LogP contribution >= 0.6 is 0 Å². The Bertz CT molecular complexity index is 500. The van der Waals surface area contributed by atoms with Crippen molar-refractivity contribution in [3.05, 3.63) is 23.8 Å². The van der Waals surface area contributed by atoms with Crippen LogP contribution in [0.5, 0.6) is 11.5 Å². The molecule has 18 heavy (non-hydrogen) atoms. The molecule has 0 spiro atoms. The number of hydrogen-bond donors (Lipinski definition) is 2. The summed E-state index contributed by atoms with van der Waals surface area (Å²) >= 11 is 0. The van der Waals surface area contributed by atoms with Crippen LogP contribution < -0.4 is 9.47 Å². The van der Waals surface area contributed by atoms with Crippen molar-refractivity contribution in [1.29, 1.82) is 5.26 Å². The van der Waals surface area contributed by atoms with Gasteiger partial charge in [0.2, 0.25) is 0 Å². The molecule has 0 saturated heterocycles. The number of benzene rings is 1. The van der Waals surface area contributed by atoms with E-state index in [0.29, 0.717) is 0 Å². The molecule has 0 amide bonds. The quantitative estimate of drug-likeness (QED) is 0.853. The molecule has 1 heterocycles. The summed E-state index contributed by atoms with van der Waals surface area (Å²) < 4.78 is 33.9. The summed E-state index contributed by atoms with van der Waals surface area (Å²) in [6.45, 7) is 0. The van der Waals surface area contributed by atoms with Gasteiger partial charge in [0.1, 0.15) is 6.10 Å². The molecule has 2 rings (SSSR count). The maximum atomic E-state index is 12.7. The number of nitriles is 1. The van der Waals surface area contributed by atoms with E-state index in [1.54, 1.807) is 6.07 Å². The van der Waals surface area contributed by atoms with Crippen LogP contribution in [0.1, 0.15) is 18.1 Å². The average molecular weight is 257 g/mol. The van der Waals surface area contributed by atoms with Gasteiger partial charge >= 0.3 is 6.29 Å². The predicted molar refractivity (Wildman–Crippen MR) is 53.8 cm³/mol. The van der Waals surface area contributed by atoms with Crippen LogP contribution in [0.15, 0.2) is 18.2 Å². The average Bonchev–Trinajstić information content (AvgIpc) is 2.60. The molecule has 0 bridgehead atoms. The van der Waals surface area contributed by atoms with E-state index in [4.69, 9.17) is 5.26 Å². The standard InChI is InChI=1S/C11H9F2NO4/c12-11(13)17-8-2-1-6(5-9(8)18-11)10(16)7(15)3-4-14/h1-2,5,7,10,15-16H,3H2. The third-order valence-electron chi connectivity index (χ3n) is 2.43. The summed E-state index contributed by atoms with van der Waals surface area (Å²) in [5.41, 5.74) is 0.165. The molecule has 0 aromatic heterocycles. The number of halogens is 2. The van der Waals surface area contributed by atoms with E-state index < -0.39 is 18.5 Å². The largest absolute Gasteiger partial charge is 0.586 e. The normalized spacial score (nSPS) is 19.1. The number of rotatable bonds is 3. The molecular formula is C11H9F2NO4. The minimum Gasteiger partial charge on any atom is -0.395 e. The molecule has 5 nitrogen and oxygen atoms in total. The second-order valence-corrected chi connectivity index (χ2v) is 3.75. The molecule has 0 radical (unpaired) electrons. The fraction of sp³-hybridized carbons (Fsp3) is 0.364. The van der Waals surface area contributed by atoms with Crippen LogP contribution in [0.3, 0.4) is 0 Å². The lowest BCUT2D eigenvalue weighted by atomic mass is 10.0. The van der Waals surface area contributed by atoms with Crippen LogP contribution in [0, 0.1) is 11.3 Å². The van der Waals surface area contributed by atoms with Crippen LogP contribution in [0.4, 0.5) is 8.78 Å². The molecule has 1 aromatic rings. The summed E-state index contributed by atoms with van der Waals surface area (Å²) in [4.78, 5) is 0. The lowest BCUT2D eigenvalue weighted by molar-refractivity contribution is -0.286. The number of aliphatic hydroxyl groups excluding tert-OH is 2. The Hall–Kier alpha value is -1.91. The number of fused-ring (bicyclic) bond motifs is 1. The van der Waals surface area contributed by atoms with E-state index in [2.05, 4.69) is 9.47 Å². The van der Waals surface area contributed by atoms with Crippen molar-refractivity contribution in [2.24, 2.45) is 0 Å². The van der Waals surface area contributed by atoms with Crippen molar-refractivity contribution < 1.29 is 28.5 Å². The van der Waals surface area contributed by atoms with Gasteiger partial charge in [-0.1, -0.05) is 6.07 Å². The summed E-state index contributed by atoms with van der Waals surface area (Å²) in [5, 5.41) is 27.5. The monoisotopic (exact) mass is 257 g/mol. The number of nitrogens with zero attached hydrogens (tertiary/aromatic N) is 1. The molecule has 2 unspecified atom stereocenters. The van der Waals surface area contributed by atoms with Gasteiger partial charge in [-0.25, -0.2) is 0 Å². The lowest BCUT2D eigenvalue weighted by Gasteiger charge is -2.15. The molecule has 1 aromatic carbocycles. The van der Waals surface area contributed by atoms with Crippen LogP contribution in [0.25, 0.3) is 0 Å². The van der Waals surface area contributed by atoms with Crippen LogP contribution in [0.2, 0.25) is 0 Å². The Morgan fingerprint density at radius 2 is 1.94 bits per heavy atom. The van der Waals surface area contributed by atoms with Crippen LogP contribution in [-0.2, 0) is 0 Å². The minimum absolute atomic E-state index is 0.147. The third kappa shape index (κ3) is 2.34. The first-order chi connectivity index (χ1) is 8.43. The smallest absolute Gasteiger partial charge is 0.395 e. The van der Waals surface area contributed by atoms with Crippen molar-refractivity contribution in [2.75, 3.05) is 0 Å². The van der Waals surface area contributed by atoms with Gasteiger partial charge < -0.3 is 19.7 Å². The highest BCUT2D eigenvalue weighted by atomic mass is 19.3. The van der Waals surface area contributed by atoms with Gasteiger partial charge in [-0.05, 0) is 17.7 Å². The maximum absolute atomic E-state index is 12.7. The Balaban J connectivity index is 2.21. The highest BCUT2D eigenvalue weighted by molar-refractivity contribution is 5.45. The van der Waals surface area contributed by atoms with E-state index in [9.17, 15) is 19.0 Å². The predicted octanol–water partition coefficient (Wildman–Crippen LogP) is 1.32. The van der Waals surface area contributed by atoms with Gasteiger partial charge in [0.05, 0.1) is 18.6 Å². The third-order valence-corrected chi connectivity index (χ3v) is 2.43. The maximum Gasteiger partial charge on any atom is 0.586 e. The van der Waals surface area contributed by atoms with E-state index >= 15 is 0 Å². The molecule has 0 fully saturated rings. The molecule has 7 heteroatoms. The topological polar surface area (TPSA) is 82.7 Å². The zero-order valence-corrected chi connectivity index (χ0v) is 9.01. The SMILES string of the molecule is N#CCC(O)C(O)c1ccc2c(c1)OC(F)(F)O2. The Labute approximate surface area is 101 Å². The molecule has 0 saturated carbocycles. The van der Waals surface area contributed by atoms with Gasteiger partial charge in [-0.2, -0.15) is 5.26 Å². The Morgan fingerprint density at radius 3 is 2.61 bits per heavy atom. The number of ether oxygens (including phenoxy) is 2. The molecule has 2 atom stereocenters. The van der Waals surface area contributed by atoms with Gasteiger partial charge in [-0.3, -0.25) is 0 Å². The zero-order valence-electron chi connectivity index (χ0n) is 9.01. The summed E-state index contributed by atoms with van der Waals surface area (Å²) in [5.74, 6) is -0.369. The molecule has 2 N–H and O–H groups in total. The number of aliphatic hydroxyl groups is 2. The zero-order chi connectivity index (χ0) is 13.3. The van der Waals surface area contributed by atoms with Crippen molar-refractivity contribution in [1.82, 2.24) is 0 Å². The van der Waals surface area contributed by atoms with E-state index in [-0.39, 0.29) is 23.5 Å². The Kier molecular flexibility index (Phi) is 3.07. The second kappa shape index (κ2) is 4.40. The molecule has 0 aliphatic carbocycles. The summed E-state index contributed by atoms with van der Waals surface area (Å²) in [7, 11) is 0. The first kappa shape index (κ1) is 12.5. The van der Waals surface area contributed by atoms with Gasteiger partial charge in [0.25, 0.3) is 0 Å². The van der Waals surface area contributed by atoms with E-state index in [1.807, 2.05) is 0 Å².